The van der Waals surface area contributed by atoms with Gasteiger partial charge in [-0.3, -0.25) is 13.9 Å². The number of carbonyl (C=O) groups excluding carboxylic acids is 2. The molecule has 0 bridgehead atoms. The lowest BCUT2D eigenvalue weighted by molar-refractivity contribution is -0.139. The number of anilines is 1. The minimum atomic E-state index is -4.18. The van der Waals surface area contributed by atoms with Gasteiger partial charge >= 0.3 is 0 Å². The summed E-state index contributed by atoms with van der Waals surface area (Å²) in [6.45, 7) is 3.09. The van der Waals surface area contributed by atoms with Crippen molar-refractivity contribution >= 4 is 50.7 Å². The number of rotatable bonds is 9. The van der Waals surface area contributed by atoms with Crippen molar-refractivity contribution in [3.63, 3.8) is 0 Å². The monoisotopic (exact) mass is 547 g/mol. The van der Waals surface area contributed by atoms with Crippen molar-refractivity contribution in [2.75, 3.05) is 17.9 Å². The zero-order valence-electron chi connectivity index (χ0n) is 20.1. The second-order valence-corrected chi connectivity index (χ2v) is 11.0. The van der Waals surface area contributed by atoms with Crippen molar-refractivity contribution in [3.05, 3.63) is 94.0 Å². The highest BCUT2D eigenvalue weighted by Gasteiger charge is 2.32. The molecule has 1 unspecified atom stereocenters. The van der Waals surface area contributed by atoms with Gasteiger partial charge in [-0.25, -0.2) is 8.42 Å². The van der Waals surface area contributed by atoms with E-state index in [0.29, 0.717) is 0 Å². The first-order valence-electron chi connectivity index (χ1n) is 11.1. The molecule has 0 aliphatic rings. The van der Waals surface area contributed by atoms with Crippen LogP contribution in [-0.4, -0.2) is 44.8 Å². The first kappa shape index (κ1) is 27.5. The normalized spacial score (nSPS) is 12.0. The second kappa shape index (κ2) is 11.8. The second-order valence-electron chi connectivity index (χ2n) is 8.25. The smallest absolute Gasteiger partial charge is 0.264 e. The third-order valence-electron chi connectivity index (χ3n) is 5.63. The highest BCUT2D eigenvalue weighted by molar-refractivity contribution is 7.92. The van der Waals surface area contributed by atoms with E-state index in [-0.39, 0.29) is 33.1 Å². The predicted octanol–water partition coefficient (Wildman–Crippen LogP) is 4.66. The third-order valence-corrected chi connectivity index (χ3v) is 7.86. The Morgan fingerprint density at radius 1 is 0.944 bits per heavy atom. The fourth-order valence-electron chi connectivity index (χ4n) is 3.61. The fraction of sp³-hybridized carbons (Fsp3) is 0.231. The van der Waals surface area contributed by atoms with Gasteiger partial charge in [0, 0.05) is 23.6 Å². The first-order valence-corrected chi connectivity index (χ1v) is 13.3. The third kappa shape index (κ3) is 6.57. The maximum Gasteiger partial charge on any atom is 0.264 e. The van der Waals surface area contributed by atoms with E-state index >= 15 is 0 Å². The Morgan fingerprint density at radius 3 is 2.08 bits per heavy atom. The summed E-state index contributed by atoms with van der Waals surface area (Å²) < 4.78 is 28.3. The van der Waals surface area contributed by atoms with E-state index in [9.17, 15) is 18.0 Å². The molecule has 0 saturated carbocycles. The van der Waals surface area contributed by atoms with Gasteiger partial charge in [-0.2, -0.15) is 0 Å². The molecule has 10 heteroatoms. The molecule has 0 aliphatic heterocycles. The number of benzene rings is 3. The number of likely N-dealkylation sites (N-methyl/N-ethyl adjacent to an activating group) is 1. The number of nitrogens with one attached hydrogen (secondary N) is 1. The molecule has 0 heterocycles. The van der Waals surface area contributed by atoms with Crippen LogP contribution in [0.2, 0.25) is 10.0 Å². The summed E-state index contributed by atoms with van der Waals surface area (Å²) in [6, 6.07) is 18.8. The maximum atomic E-state index is 13.7. The lowest BCUT2D eigenvalue weighted by Gasteiger charge is -2.32. The van der Waals surface area contributed by atoms with Gasteiger partial charge in [-0.15, -0.1) is 0 Å². The van der Waals surface area contributed by atoms with E-state index in [1.807, 2.05) is 31.2 Å². The van der Waals surface area contributed by atoms with Gasteiger partial charge in [0.1, 0.15) is 12.6 Å². The summed E-state index contributed by atoms with van der Waals surface area (Å²) in [4.78, 5) is 27.5. The van der Waals surface area contributed by atoms with Crippen LogP contribution in [0.1, 0.15) is 18.1 Å². The van der Waals surface area contributed by atoms with E-state index in [1.54, 1.807) is 25.1 Å². The van der Waals surface area contributed by atoms with Crippen LogP contribution >= 0.6 is 23.2 Å². The van der Waals surface area contributed by atoms with Crippen LogP contribution in [0.3, 0.4) is 0 Å². The number of hydrogen-bond donors (Lipinski definition) is 1. The van der Waals surface area contributed by atoms with Crippen LogP contribution in [0, 0.1) is 6.92 Å². The number of aryl methyl sites for hydroxylation is 1. The lowest BCUT2D eigenvalue weighted by Crippen LogP contribution is -2.50. The Kier molecular flexibility index (Phi) is 9.00. The molecule has 0 aromatic heterocycles. The van der Waals surface area contributed by atoms with Gasteiger partial charge in [0.25, 0.3) is 10.0 Å². The molecule has 0 fully saturated rings. The molecule has 7 nitrogen and oxygen atoms in total. The standard InChI is InChI=1S/C26H27Cl2N3O4S/c1-18-9-11-20(12-10-18)16-30(19(2)26(33)29-3)25(32)17-31(23-14-21(27)13-22(28)15-23)36(34,35)24-7-5-4-6-8-24/h4-15,19H,16-17H2,1-3H3,(H,29,33). The summed E-state index contributed by atoms with van der Waals surface area (Å²) in [5.74, 6) is -0.944. The fourth-order valence-corrected chi connectivity index (χ4v) is 5.55. The van der Waals surface area contributed by atoms with Crippen molar-refractivity contribution in [1.29, 1.82) is 0 Å². The maximum absolute atomic E-state index is 13.7. The Morgan fingerprint density at radius 2 is 1.53 bits per heavy atom. The largest absolute Gasteiger partial charge is 0.357 e. The van der Waals surface area contributed by atoms with Crippen molar-refractivity contribution < 1.29 is 18.0 Å². The molecule has 3 aromatic rings. The Hall–Kier alpha value is -3.07. The number of hydrogen-bond acceptors (Lipinski definition) is 4. The SMILES string of the molecule is CNC(=O)C(C)N(Cc1ccc(C)cc1)C(=O)CN(c1cc(Cl)cc(Cl)c1)S(=O)(=O)c1ccccc1. The molecule has 3 aromatic carbocycles. The topological polar surface area (TPSA) is 86.8 Å². The molecule has 0 aliphatic carbocycles. The lowest BCUT2D eigenvalue weighted by atomic mass is 10.1. The van der Waals surface area contributed by atoms with Gasteiger partial charge in [0.05, 0.1) is 10.6 Å². The number of amides is 2. The van der Waals surface area contributed by atoms with Gasteiger partial charge in [-0.05, 0) is 49.7 Å². The van der Waals surface area contributed by atoms with E-state index in [4.69, 9.17) is 23.2 Å². The molecule has 190 valence electrons. The molecule has 3 rings (SSSR count). The van der Waals surface area contributed by atoms with Gasteiger partial charge in [-0.1, -0.05) is 71.2 Å². The van der Waals surface area contributed by atoms with Crippen LogP contribution in [0.25, 0.3) is 0 Å². The predicted molar refractivity (Wildman–Crippen MR) is 143 cm³/mol. The Balaban J connectivity index is 2.05. The Bertz CT molecular complexity index is 1310. The van der Waals surface area contributed by atoms with Crippen LogP contribution in [0.4, 0.5) is 5.69 Å². The van der Waals surface area contributed by atoms with Crippen molar-refractivity contribution in [1.82, 2.24) is 10.2 Å². The minimum absolute atomic E-state index is 0.00154. The number of sulfonamides is 1. The molecule has 1 N–H and O–H groups in total. The number of halogens is 2. The molecule has 0 spiro atoms. The van der Waals surface area contributed by atoms with Gasteiger partial charge < -0.3 is 10.2 Å². The average molecular weight is 548 g/mol. The zero-order valence-corrected chi connectivity index (χ0v) is 22.4. The van der Waals surface area contributed by atoms with Gasteiger partial charge in [0.15, 0.2) is 0 Å². The Labute approximate surface area is 221 Å². The highest BCUT2D eigenvalue weighted by atomic mass is 35.5. The molecular weight excluding hydrogens is 521 g/mol. The molecule has 0 saturated heterocycles. The highest BCUT2D eigenvalue weighted by Crippen LogP contribution is 2.30. The van der Waals surface area contributed by atoms with E-state index in [1.165, 1.54) is 42.3 Å². The summed E-state index contributed by atoms with van der Waals surface area (Å²) in [7, 11) is -2.70. The van der Waals surface area contributed by atoms with Crippen LogP contribution < -0.4 is 9.62 Å². The average Bonchev–Trinajstić information content (AvgIpc) is 2.85. The van der Waals surface area contributed by atoms with Crippen LogP contribution in [-0.2, 0) is 26.2 Å². The van der Waals surface area contributed by atoms with Crippen LogP contribution in [0.5, 0.6) is 0 Å². The number of carbonyl (C=O) groups is 2. The summed E-state index contributed by atoms with van der Waals surface area (Å²) in [6.07, 6.45) is 0. The van der Waals surface area contributed by atoms with E-state index in [2.05, 4.69) is 5.32 Å². The molecule has 2 amide bonds. The summed E-state index contributed by atoms with van der Waals surface area (Å²) in [5, 5.41) is 2.98. The van der Waals surface area contributed by atoms with Gasteiger partial charge in [0.2, 0.25) is 11.8 Å². The molecular formula is C26H27Cl2N3O4S. The van der Waals surface area contributed by atoms with E-state index in [0.717, 1.165) is 15.4 Å². The number of nitrogens with zero attached hydrogens (tertiary/aromatic N) is 2. The van der Waals surface area contributed by atoms with E-state index < -0.39 is 28.5 Å². The zero-order chi connectivity index (χ0) is 26.5. The molecule has 1 atom stereocenters. The summed E-state index contributed by atoms with van der Waals surface area (Å²) in [5.41, 5.74) is 1.98. The summed E-state index contributed by atoms with van der Waals surface area (Å²) >= 11 is 12.3. The van der Waals surface area contributed by atoms with Crippen LogP contribution in [0.15, 0.2) is 77.7 Å². The first-order chi connectivity index (χ1) is 17.0. The minimum Gasteiger partial charge on any atom is -0.357 e. The van der Waals surface area contributed by atoms with Crippen molar-refractivity contribution in [3.8, 4) is 0 Å². The van der Waals surface area contributed by atoms with Crippen molar-refractivity contribution in [2.24, 2.45) is 0 Å². The van der Waals surface area contributed by atoms with Crippen molar-refractivity contribution in [2.45, 2.75) is 31.3 Å². The quantitative estimate of drug-likeness (QED) is 0.422. The molecule has 36 heavy (non-hydrogen) atoms. The molecule has 0 radical (unpaired) electrons.